The minimum Gasteiger partial charge on any atom is -0.302 e. The van der Waals surface area contributed by atoms with E-state index in [2.05, 4.69) is 68.9 Å². The summed E-state index contributed by atoms with van der Waals surface area (Å²) in [5, 5.41) is 0. The van der Waals surface area contributed by atoms with Crippen LogP contribution in [0.1, 0.15) is 12.5 Å². The van der Waals surface area contributed by atoms with Crippen molar-refractivity contribution >= 4 is 18.2 Å². The van der Waals surface area contributed by atoms with Crippen LogP contribution >= 0.6 is 12.6 Å². The van der Waals surface area contributed by atoms with Crippen molar-refractivity contribution in [3.63, 3.8) is 0 Å². The molecular formula is C15H19NS. The standard InChI is InChI=1S/C15H19NS/c1-11-4-5-13(10-15(11)16(2)3)12-6-8-14(17)9-7-12/h4-11,15,17H,1-3H3. The van der Waals surface area contributed by atoms with E-state index in [1.807, 2.05) is 12.1 Å². The second kappa shape index (κ2) is 5.11. The van der Waals surface area contributed by atoms with Gasteiger partial charge in [0.05, 0.1) is 0 Å². The van der Waals surface area contributed by atoms with Gasteiger partial charge in [-0.25, -0.2) is 0 Å². The molecule has 0 saturated carbocycles. The fourth-order valence-electron chi connectivity index (χ4n) is 2.23. The molecule has 0 saturated heterocycles. The van der Waals surface area contributed by atoms with Gasteiger partial charge in [0, 0.05) is 10.9 Å². The molecule has 2 atom stereocenters. The molecule has 0 spiro atoms. The van der Waals surface area contributed by atoms with Crippen molar-refractivity contribution in [3.05, 3.63) is 48.1 Å². The third-order valence-electron chi connectivity index (χ3n) is 3.27. The van der Waals surface area contributed by atoms with Crippen LogP contribution in [0.25, 0.3) is 5.57 Å². The average Bonchev–Trinajstić information content (AvgIpc) is 2.30. The Hall–Kier alpha value is -0.990. The molecule has 0 N–H and O–H groups in total. The average molecular weight is 245 g/mol. The topological polar surface area (TPSA) is 3.24 Å². The molecule has 1 nitrogen and oxygen atoms in total. The normalized spacial score (nSPS) is 23.9. The number of hydrogen-bond donors (Lipinski definition) is 1. The summed E-state index contributed by atoms with van der Waals surface area (Å²) in [6.07, 6.45) is 6.85. The molecule has 17 heavy (non-hydrogen) atoms. The molecule has 2 heteroatoms. The Morgan fingerprint density at radius 1 is 1.12 bits per heavy atom. The van der Waals surface area contributed by atoms with E-state index >= 15 is 0 Å². The van der Waals surface area contributed by atoms with E-state index in [1.165, 1.54) is 11.1 Å². The van der Waals surface area contributed by atoms with E-state index in [0.29, 0.717) is 12.0 Å². The summed E-state index contributed by atoms with van der Waals surface area (Å²) in [4.78, 5) is 3.27. The molecule has 0 aromatic heterocycles. The monoisotopic (exact) mass is 245 g/mol. The molecule has 0 radical (unpaired) electrons. The smallest absolute Gasteiger partial charge is 0.0341 e. The fourth-order valence-corrected chi connectivity index (χ4v) is 2.38. The number of rotatable bonds is 2. The van der Waals surface area contributed by atoms with Crippen LogP contribution in [-0.4, -0.2) is 25.0 Å². The highest BCUT2D eigenvalue weighted by Crippen LogP contribution is 2.26. The first kappa shape index (κ1) is 12.5. The third-order valence-corrected chi connectivity index (χ3v) is 3.56. The van der Waals surface area contributed by atoms with Gasteiger partial charge in [-0.3, -0.25) is 0 Å². The molecule has 90 valence electrons. The van der Waals surface area contributed by atoms with Crippen molar-refractivity contribution < 1.29 is 0 Å². The lowest BCUT2D eigenvalue weighted by atomic mass is 9.89. The molecule has 1 aromatic rings. The molecule has 2 rings (SSSR count). The van der Waals surface area contributed by atoms with E-state index in [0.717, 1.165) is 4.90 Å². The summed E-state index contributed by atoms with van der Waals surface area (Å²) in [5.74, 6) is 0.568. The second-order valence-corrected chi connectivity index (χ2v) is 5.36. The van der Waals surface area contributed by atoms with Gasteiger partial charge in [0.1, 0.15) is 0 Å². The first-order chi connectivity index (χ1) is 8.08. The summed E-state index contributed by atoms with van der Waals surface area (Å²) >= 11 is 4.31. The number of benzene rings is 1. The number of allylic oxidation sites excluding steroid dienone is 2. The highest BCUT2D eigenvalue weighted by molar-refractivity contribution is 7.80. The van der Waals surface area contributed by atoms with Crippen molar-refractivity contribution in [2.24, 2.45) is 5.92 Å². The molecule has 0 amide bonds. The second-order valence-electron chi connectivity index (χ2n) is 4.84. The first-order valence-corrected chi connectivity index (χ1v) is 6.38. The van der Waals surface area contributed by atoms with Crippen molar-refractivity contribution in [3.8, 4) is 0 Å². The molecule has 0 heterocycles. The maximum absolute atomic E-state index is 4.31. The van der Waals surface area contributed by atoms with E-state index in [-0.39, 0.29) is 0 Å². The van der Waals surface area contributed by atoms with Gasteiger partial charge in [-0.05, 0) is 43.3 Å². The van der Waals surface area contributed by atoms with E-state index < -0.39 is 0 Å². The number of nitrogens with zero attached hydrogens (tertiary/aromatic N) is 1. The lowest BCUT2D eigenvalue weighted by Crippen LogP contribution is -2.32. The van der Waals surface area contributed by atoms with Crippen LogP contribution in [0.15, 0.2) is 47.4 Å². The van der Waals surface area contributed by atoms with E-state index in [9.17, 15) is 0 Å². The molecule has 0 fully saturated rings. The Morgan fingerprint density at radius 3 is 2.35 bits per heavy atom. The van der Waals surface area contributed by atoms with Crippen LogP contribution in [-0.2, 0) is 0 Å². The van der Waals surface area contributed by atoms with Crippen LogP contribution in [0.5, 0.6) is 0 Å². The summed E-state index contributed by atoms with van der Waals surface area (Å²) in [7, 11) is 4.26. The zero-order chi connectivity index (χ0) is 12.4. The summed E-state index contributed by atoms with van der Waals surface area (Å²) in [6.45, 7) is 2.26. The lowest BCUT2D eigenvalue weighted by molar-refractivity contribution is 0.295. The highest BCUT2D eigenvalue weighted by Gasteiger charge is 2.19. The van der Waals surface area contributed by atoms with Crippen molar-refractivity contribution in [1.29, 1.82) is 0 Å². The van der Waals surface area contributed by atoms with Gasteiger partial charge in [-0.1, -0.05) is 37.3 Å². The third kappa shape index (κ3) is 2.82. The molecule has 1 aliphatic rings. The van der Waals surface area contributed by atoms with E-state index in [4.69, 9.17) is 0 Å². The predicted molar refractivity (Wildman–Crippen MR) is 77.5 cm³/mol. The molecule has 1 aromatic carbocycles. The van der Waals surface area contributed by atoms with Crippen LogP contribution in [0, 0.1) is 5.92 Å². The molecule has 0 bridgehead atoms. The summed E-state index contributed by atoms with van der Waals surface area (Å²) in [6, 6.07) is 8.80. The van der Waals surface area contributed by atoms with Crippen LogP contribution in [0.3, 0.4) is 0 Å². The largest absolute Gasteiger partial charge is 0.302 e. The van der Waals surface area contributed by atoms with Gasteiger partial charge in [0.15, 0.2) is 0 Å². The highest BCUT2D eigenvalue weighted by atomic mass is 32.1. The van der Waals surface area contributed by atoms with Gasteiger partial charge in [-0.15, -0.1) is 12.6 Å². The summed E-state index contributed by atoms with van der Waals surface area (Å²) < 4.78 is 0. The Balaban J connectivity index is 2.30. The Kier molecular flexibility index (Phi) is 3.75. The van der Waals surface area contributed by atoms with Gasteiger partial charge >= 0.3 is 0 Å². The maximum Gasteiger partial charge on any atom is 0.0341 e. The molecular weight excluding hydrogens is 226 g/mol. The number of thiol groups is 1. The minimum absolute atomic E-state index is 0.477. The Labute approximate surface area is 109 Å². The predicted octanol–water partition coefficient (Wildman–Crippen LogP) is 3.49. The van der Waals surface area contributed by atoms with Crippen molar-refractivity contribution in [2.45, 2.75) is 17.9 Å². The van der Waals surface area contributed by atoms with Gasteiger partial charge in [-0.2, -0.15) is 0 Å². The van der Waals surface area contributed by atoms with Crippen LogP contribution in [0.2, 0.25) is 0 Å². The number of likely N-dealkylation sites (N-methyl/N-ethyl adjacent to an activating group) is 1. The number of hydrogen-bond acceptors (Lipinski definition) is 2. The van der Waals surface area contributed by atoms with Gasteiger partial charge < -0.3 is 4.90 Å². The maximum atomic E-state index is 4.31. The lowest BCUT2D eigenvalue weighted by Gasteiger charge is -2.29. The minimum atomic E-state index is 0.477. The zero-order valence-corrected chi connectivity index (χ0v) is 11.5. The van der Waals surface area contributed by atoms with Gasteiger partial charge in [0.2, 0.25) is 0 Å². The SMILES string of the molecule is CC1C=CC(c2ccc(S)cc2)=CC1N(C)C. The van der Waals surface area contributed by atoms with Gasteiger partial charge in [0.25, 0.3) is 0 Å². The van der Waals surface area contributed by atoms with Crippen LogP contribution in [0.4, 0.5) is 0 Å². The van der Waals surface area contributed by atoms with E-state index in [1.54, 1.807) is 0 Å². The fraction of sp³-hybridized carbons (Fsp3) is 0.333. The quantitative estimate of drug-likeness (QED) is 0.781. The first-order valence-electron chi connectivity index (χ1n) is 5.94. The van der Waals surface area contributed by atoms with Crippen molar-refractivity contribution in [2.75, 3.05) is 14.1 Å². The Morgan fingerprint density at radius 2 is 1.76 bits per heavy atom. The zero-order valence-electron chi connectivity index (χ0n) is 10.6. The molecule has 1 aliphatic carbocycles. The van der Waals surface area contributed by atoms with Crippen molar-refractivity contribution in [1.82, 2.24) is 4.90 Å². The molecule has 2 unspecified atom stereocenters. The Bertz CT molecular complexity index is 442. The summed E-state index contributed by atoms with van der Waals surface area (Å²) in [5.41, 5.74) is 2.56. The molecule has 0 aliphatic heterocycles. The van der Waals surface area contributed by atoms with Crippen LogP contribution < -0.4 is 0 Å².